The molecular formula is C21H32N2O2. The molecule has 1 saturated heterocycles. The Bertz CT molecular complexity index is 557. The molecule has 1 aliphatic heterocycles. The fourth-order valence-corrected chi connectivity index (χ4v) is 4.07. The number of carbonyl (C=O) groups is 1. The third kappa shape index (κ3) is 4.42. The molecule has 1 aromatic carbocycles. The van der Waals surface area contributed by atoms with Crippen molar-refractivity contribution >= 4 is 5.91 Å². The summed E-state index contributed by atoms with van der Waals surface area (Å²) in [6.07, 6.45) is 7.50. The molecule has 4 heteroatoms. The van der Waals surface area contributed by atoms with E-state index < -0.39 is 5.54 Å². The minimum Gasteiger partial charge on any atom is -0.375 e. The highest BCUT2D eigenvalue weighted by molar-refractivity contribution is 5.87. The van der Waals surface area contributed by atoms with Gasteiger partial charge in [0.05, 0.1) is 12.2 Å². The highest BCUT2D eigenvalue weighted by Crippen LogP contribution is 2.29. The fourth-order valence-electron chi connectivity index (χ4n) is 4.07. The third-order valence-electron chi connectivity index (χ3n) is 5.89. The van der Waals surface area contributed by atoms with Crippen LogP contribution in [0.5, 0.6) is 0 Å². The summed E-state index contributed by atoms with van der Waals surface area (Å²) in [5.74, 6) is 0.864. The number of amides is 1. The molecule has 0 bridgehead atoms. The van der Waals surface area contributed by atoms with Gasteiger partial charge in [-0.15, -0.1) is 0 Å². The Kier molecular flexibility index (Phi) is 5.80. The molecule has 1 aliphatic carbocycles. The van der Waals surface area contributed by atoms with E-state index in [0.717, 1.165) is 37.4 Å². The molecule has 3 rings (SSSR count). The Morgan fingerprint density at radius 1 is 1.04 bits per heavy atom. The largest absolute Gasteiger partial charge is 0.375 e. The summed E-state index contributed by atoms with van der Waals surface area (Å²) in [6.45, 7) is 5.63. The molecular weight excluding hydrogens is 312 g/mol. The van der Waals surface area contributed by atoms with E-state index in [4.69, 9.17) is 10.5 Å². The van der Waals surface area contributed by atoms with Crippen molar-refractivity contribution in [1.82, 2.24) is 4.90 Å². The number of hydrogen-bond donors (Lipinski definition) is 1. The van der Waals surface area contributed by atoms with Gasteiger partial charge in [-0.2, -0.15) is 0 Å². The number of hydrogen-bond acceptors (Lipinski definition) is 3. The number of benzene rings is 1. The number of rotatable bonds is 4. The molecule has 1 aromatic rings. The van der Waals surface area contributed by atoms with Gasteiger partial charge in [-0.05, 0) is 56.9 Å². The molecule has 2 aliphatic rings. The van der Waals surface area contributed by atoms with Gasteiger partial charge in [0.1, 0.15) is 5.54 Å². The quantitative estimate of drug-likeness (QED) is 0.910. The van der Waals surface area contributed by atoms with Crippen molar-refractivity contribution in [3.05, 3.63) is 35.9 Å². The Hall–Kier alpha value is -1.39. The van der Waals surface area contributed by atoms with Gasteiger partial charge >= 0.3 is 0 Å². The van der Waals surface area contributed by atoms with Crippen LogP contribution in [0.4, 0.5) is 0 Å². The van der Waals surface area contributed by atoms with Crippen LogP contribution in [0, 0.1) is 5.92 Å². The van der Waals surface area contributed by atoms with Crippen molar-refractivity contribution in [2.45, 2.75) is 70.1 Å². The number of likely N-dealkylation sites (tertiary alicyclic amines) is 1. The molecule has 138 valence electrons. The first-order valence-corrected chi connectivity index (χ1v) is 9.76. The molecule has 0 aromatic heterocycles. The van der Waals surface area contributed by atoms with Crippen molar-refractivity contribution in [3.8, 4) is 0 Å². The van der Waals surface area contributed by atoms with Crippen LogP contribution in [0.15, 0.2) is 30.3 Å². The Morgan fingerprint density at radius 3 is 2.20 bits per heavy atom. The van der Waals surface area contributed by atoms with Crippen LogP contribution >= 0.6 is 0 Å². The maximum Gasteiger partial charge on any atom is 0.246 e. The summed E-state index contributed by atoms with van der Waals surface area (Å²) >= 11 is 0. The Labute approximate surface area is 151 Å². The lowest BCUT2D eigenvalue weighted by atomic mass is 9.88. The molecule has 0 spiro atoms. The number of nitrogens with two attached hydrogens (primary N) is 1. The summed E-state index contributed by atoms with van der Waals surface area (Å²) in [7, 11) is 0. The SMILES string of the molecule is CC1CCC(OC2CCN(C(=O)C(C)(N)c3ccccc3)CC2)CC1. The monoisotopic (exact) mass is 344 g/mol. The van der Waals surface area contributed by atoms with E-state index in [2.05, 4.69) is 6.92 Å². The standard InChI is InChI=1S/C21H32N2O2/c1-16-8-10-18(11-9-16)25-19-12-14-23(15-13-19)20(24)21(2,22)17-6-4-3-5-7-17/h3-7,16,18-19H,8-15,22H2,1-2H3. The summed E-state index contributed by atoms with van der Waals surface area (Å²) in [5, 5.41) is 0. The highest BCUT2D eigenvalue weighted by atomic mass is 16.5. The van der Waals surface area contributed by atoms with Gasteiger partial charge < -0.3 is 15.4 Å². The highest BCUT2D eigenvalue weighted by Gasteiger charge is 2.36. The zero-order valence-electron chi connectivity index (χ0n) is 15.6. The van der Waals surface area contributed by atoms with E-state index in [0.29, 0.717) is 12.2 Å². The smallest absolute Gasteiger partial charge is 0.246 e. The minimum atomic E-state index is -0.964. The summed E-state index contributed by atoms with van der Waals surface area (Å²) < 4.78 is 6.31. The van der Waals surface area contributed by atoms with Gasteiger partial charge in [0, 0.05) is 13.1 Å². The van der Waals surface area contributed by atoms with Gasteiger partial charge in [0.25, 0.3) is 0 Å². The average Bonchev–Trinajstić information content (AvgIpc) is 2.64. The number of nitrogens with zero attached hydrogens (tertiary/aromatic N) is 1. The Morgan fingerprint density at radius 2 is 1.60 bits per heavy atom. The molecule has 1 unspecified atom stereocenters. The van der Waals surface area contributed by atoms with Gasteiger partial charge in [-0.3, -0.25) is 4.79 Å². The summed E-state index contributed by atoms with van der Waals surface area (Å²) in [5.41, 5.74) is 6.29. The van der Waals surface area contributed by atoms with Crippen molar-refractivity contribution in [1.29, 1.82) is 0 Å². The number of carbonyl (C=O) groups excluding carboxylic acids is 1. The lowest BCUT2D eigenvalue weighted by molar-refractivity contribution is -0.140. The molecule has 4 nitrogen and oxygen atoms in total. The van der Waals surface area contributed by atoms with Gasteiger partial charge in [-0.25, -0.2) is 0 Å². The van der Waals surface area contributed by atoms with Crippen LogP contribution in [-0.2, 0) is 15.1 Å². The predicted molar refractivity (Wildman–Crippen MR) is 100 cm³/mol. The topological polar surface area (TPSA) is 55.6 Å². The van der Waals surface area contributed by atoms with Crippen LogP contribution < -0.4 is 5.73 Å². The molecule has 1 atom stereocenters. The first-order chi connectivity index (χ1) is 12.0. The van der Waals surface area contributed by atoms with Crippen molar-refractivity contribution in [2.75, 3.05) is 13.1 Å². The normalized spacial score (nSPS) is 27.7. The van der Waals surface area contributed by atoms with Gasteiger partial charge in [0.2, 0.25) is 5.91 Å². The van der Waals surface area contributed by atoms with Crippen LogP contribution in [0.2, 0.25) is 0 Å². The maximum atomic E-state index is 12.9. The minimum absolute atomic E-state index is 0.0173. The lowest BCUT2D eigenvalue weighted by Crippen LogP contribution is -2.53. The van der Waals surface area contributed by atoms with E-state index in [-0.39, 0.29) is 5.91 Å². The molecule has 1 saturated carbocycles. The second kappa shape index (κ2) is 7.88. The van der Waals surface area contributed by atoms with E-state index in [1.165, 1.54) is 25.7 Å². The maximum absolute atomic E-state index is 12.9. The zero-order valence-corrected chi connectivity index (χ0v) is 15.6. The van der Waals surface area contributed by atoms with Crippen molar-refractivity contribution < 1.29 is 9.53 Å². The Balaban J connectivity index is 1.51. The molecule has 1 amide bonds. The van der Waals surface area contributed by atoms with Crippen LogP contribution in [-0.4, -0.2) is 36.1 Å². The van der Waals surface area contributed by atoms with Crippen LogP contribution in [0.1, 0.15) is 57.9 Å². The van der Waals surface area contributed by atoms with Crippen LogP contribution in [0.3, 0.4) is 0 Å². The van der Waals surface area contributed by atoms with E-state index in [9.17, 15) is 4.79 Å². The zero-order chi connectivity index (χ0) is 17.9. The summed E-state index contributed by atoms with van der Waals surface area (Å²) in [4.78, 5) is 14.8. The van der Waals surface area contributed by atoms with Crippen molar-refractivity contribution in [3.63, 3.8) is 0 Å². The molecule has 2 N–H and O–H groups in total. The first kappa shape index (κ1) is 18.4. The van der Waals surface area contributed by atoms with E-state index in [1.807, 2.05) is 42.2 Å². The molecule has 25 heavy (non-hydrogen) atoms. The molecule has 2 fully saturated rings. The van der Waals surface area contributed by atoms with E-state index in [1.54, 1.807) is 0 Å². The van der Waals surface area contributed by atoms with Gasteiger partial charge in [-0.1, -0.05) is 37.3 Å². The average molecular weight is 344 g/mol. The first-order valence-electron chi connectivity index (χ1n) is 9.76. The third-order valence-corrected chi connectivity index (χ3v) is 5.89. The fraction of sp³-hybridized carbons (Fsp3) is 0.667. The number of ether oxygens (including phenoxy) is 1. The van der Waals surface area contributed by atoms with Crippen molar-refractivity contribution in [2.24, 2.45) is 11.7 Å². The van der Waals surface area contributed by atoms with E-state index >= 15 is 0 Å². The summed E-state index contributed by atoms with van der Waals surface area (Å²) in [6, 6.07) is 9.66. The van der Waals surface area contributed by atoms with Crippen LogP contribution in [0.25, 0.3) is 0 Å². The molecule has 1 heterocycles. The second-order valence-electron chi connectivity index (χ2n) is 8.08. The second-order valence-corrected chi connectivity index (χ2v) is 8.08. The lowest BCUT2D eigenvalue weighted by Gasteiger charge is -2.38. The molecule has 0 radical (unpaired) electrons. The predicted octanol–water partition coefficient (Wildman–Crippen LogP) is 3.45. The van der Waals surface area contributed by atoms with Gasteiger partial charge in [0.15, 0.2) is 0 Å². The number of piperidine rings is 1.